The van der Waals surface area contributed by atoms with E-state index in [-0.39, 0.29) is 20.1 Å². The monoisotopic (exact) mass is 698 g/mol. The van der Waals surface area contributed by atoms with Crippen molar-refractivity contribution in [1.29, 1.82) is 0 Å². The van der Waals surface area contributed by atoms with Gasteiger partial charge in [0.15, 0.2) is 0 Å². The molecule has 3 aliphatic heterocycles. The Morgan fingerprint density at radius 2 is 0.974 bits per heavy atom. The molecule has 0 spiro atoms. The molecule has 3 atom stereocenters. The summed E-state index contributed by atoms with van der Waals surface area (Å²) in [4.78, 5) is 0. The summed E-state index contributed by atoms with van der Waals surface area (Å²) in [6, 6.07) is 31.9. The molecule has 3 unspecified atom stereocenters. The third-order valence-electron chi connectivity index (χ3n) is 7.47. The van der Waals surface area contributed by atoms with Crippen LogP contribution in [0.5, 0.6) is 0 Å². The van der Waals surface area contributed by atoms with Crippen molar-refractivity contribution in [1.82, 2.24) is 0 Å². The molecule has 0 aliphatic carbocycles. The van der Waals surface area contributed by atoms with Gasteiger partial charge in [0, 0.05) is 20.1 Å². The quantitative estimate of drug-likeness (QED) is 0.245. The Bertz CT molecular complexity index is 993. The van der Waals surface area contributed by atoms with Gasteiger partial charge in [-0.05, 0) is 0 Å². The van der Waals surface area contributed by atoms with E-state index in [0.29, 0.717) is 18.1 Å². The van der Waals surface area contributed by atoms with Crippen molar-refractivity contribution in [3.8, 4) is 0 Å². The van der Waals surface area contributed by atoms with Gasteiger partial charge >= 0.3 is 0 Å². The fourth-order valence-corrected chi connectivity index (χ4v) is 5.33. The SMILES string of the molecule is Cc1cc[c-]c(C2CCCC[N-]2)c1.Cc1cc[c-]c(C2CCCC[N-]2)c1.[Ir].[c-]1ccccc1C1CCCC[N-]1. The van der Waals surface area contributed by atoms with E-state index in [1.54, 1.807) is 0 Å². The first kappa shape index (κ1) is 31.7. The molecule has 3 fully saturated rings. The molecule has 3 nitrogen and oxygen atoms in total. The third-order valence-corrected chi connectivity index (χ3v) is 7.47. The predicted molar refractivity (Wildman–Crippen MR) is 160 cm³/mol. The first-order valence-corrected chi connectivity index (χ1v) is 14.6. The van der Waals surface area contributed by atoms with Crippen LogP contribution in [0.1, 0.15) is 104 Å². The first-order chi connectivity index (χ1) is 18.7. The van der Waals surface area contributed by atoms with Crippen molar-refractivity contribution in [2.24, 2.45) is 0 Å². The molecule has 3 heterocycles. The maximum atomic E-state index is 4.61. The van der Waals surface area contributed by atoms with E-state index in [2.05, 4.69) is 84.4 Å². The number of aryl methyl sites for hydroxylation is 2. The van der Waals surface area contributed by atoms with Crippen LogP contribution in [0.4, 0.5) is 0 Å². The number of piperidine rings is 3. The van der Waals surface area contributed by atoms with Crippen LogP contribution in [-0.4, -0.2) is 19.6 Å². The van der Waals surface area contributed by atoms with E-state index < -0.39 is 0 Å². The molecule has 3 saturated heterocycles. The maximum Gasteiger partial charge on any atom is 0 e. The number of rotatable bonds is 3. The second-order valence-corrected chi connectivity index (χ2v) is 10.7. The molecule has 3 aromatic rings. The molecule has 213 valence electrons. The van der Waals surface area contributed by atoms with Crippen molar-refractivity contribution < 1.29 is 20.1 Å². The van der Waals surface area contributed by atoms with Crippen molar-refractivity contribution in [3.63, 3.8) is 0 Å². The minimum absolute atomic E-state index is 0. The van der Waals surface area contributed by atoms with Crippen LogP contribution in [0.3, 0.4) is 0 Å². The summed E-state index contributed by atoms with van der Waals surface area (Å²) >= 11 is 0. The molecule has 0 saturated carbocycles. The van der Waals surface area contributed by atoms with E-state index in [9.17, 15) is 0 Å². The number of hydrogen-bond acceptors (Lipinski definition) is 0. The minimum atomic E-state index is 0. The molecule has 0 N–H and O–H groups in total. The summed E-state index contributed by atoms with van der Waals surface area (Å²) in [5.41, 5.74) is 6.45. The largest absolute Gasteiger partial charge is 0.657 e. The Morgan fingerprint density at radius 3 is 1.33 bits per heavy atom. The van der Waals surface area contributed by atoms with Gasteiger partial charge in [0.1, 0.15) is 0 Å². The molecule has 0 bridgehead atoms. The van der Waals surface area contributed by atoms with Crippen LogP contribution in [0, 0.1) is 32.0 Å². The standard InChI is InChI=1S/2C12H15N.C11H13N.Ir/c2*1-10-5-4-6-11(9-10)12-7-2-3-8-13-12;1-2-6-10(7-3-1)11-8-4-5-9-12-11;/h2*4-5,9,12H,2-3,7-8H2,1H3;1-3,6,11H,4-5,8-9H2;/q3*-2;. The predicted octanol–water partition coefficient (Wildman–Crippen LogP) is 9.87. The molecule has 0 amide bonds. The molecule has 0 aromatic heterocycles. The fraction of sp³-hybridized carbons (Fsp3) is 0.486. The van der Waals surface area contributed by atoms with Gasteiger partial charge in [0.05, 0.1) is 0 Å². The average molecular weight is 698 g/mol. The van der Waals surface area contributed by atoms with Crippen LogP contribution < -0.4 is 0 Å². The summed E-state index contributed by atoms with van der Waals surface area (Å²) in [6.45, 7) is 7.35. The van der Waals surface area contributed by atoms with Gasteiger partial charge in [0.25, 0.3) is 0 Å². The Hall–Kier alpha value is -1.81. The zero-order chi connectivity index (χ0) is 26.4. The van der Waals surface area contributed by atoms with Crippen molar-refractivity contribution in [3.05, 3.63) is 123 Å². The second kappa shape index (κ2) is 17.8. The topological polar surface area (TPSA) is 42.3 Å². The van der Waals surface area contributed by atoms with Gasteiger partial charge in [-0.15, -0.1) is 37.8 Å². The molecular formula is C35H43IrN3-6. The zero-order valence-corrected chi connectivity index (χ0v) is 26.1. The molecule has 4 heteroatoms. The van der Waals surface area contributed by atoms with Crippen LogP contribution in [-0.2, 0) is 20.1 Å². The van der Waals surface area contributed by atoms with E-state index in [0.717, 1.165) is 19.6 Å². The maximum absolute atomic E-state index is 4.61. The van der Waals surface area contributed by atoms with Gasteiger partial charge in [-0.3, -0.25) is 0 Å². The van der Waals surface area contributed by atoms with Crippen LogP contribution in [0.2, 0.25) is 0 Å². The molecule has 39 heavy (non-hydrogen) atoms. The minimum Gasteiger partial charge on any atom is -0.657 e. The Morgan fingerprint density at radius 1 is 0.538 bits per heavy atom. The summed E-state index contributed by atoms with van der Waals surface area (Å²) in [7, 11) is 0. The van der Waals surface area contributed by atoms with Crippen molar-refractivity contribution in [2.75, 3.05) is 19.6 Å². The van der Waals surface area contributed by atoms with Gasteiger partial charge in [-0.2, -0.15) is 107 Å². The molecule has 1 radical (unpaired) electrons. The number of benzene rings is 3. The summed E-state index contributed by atoms with van der Waals surface area (Å²) in [6.07, 6.45) is 11.4. The van der Waals surface area contributed by atoms with E-state index in [4.69, 9.17) is 0 Å². The summed E-state index contributed by atoms with van der Waals surface area (Å²) in [5, 5.41) is 13.8. The normalized spacial score (nSPS) is 22.7. The smallest absolute Gasteiger partial charge is 0 e. The molecule has 3 aliphatic rings. The second-order valence-electron chi connectivity index (χ2n) is 10.7. The van der Waals surface area contributed by atoms with Crippen LogP contribution in [0.15, 0.2) is 60.7 Å². The molecule has 3 aromatic carbocycles. The van der Waals surface area contributed by atoms with Crippen molar-refractivity contribution >= 4 is 0 Å². The third kappa shape index (κ3) is 10.9. The Labute approximate surface area is 251 Å². The molecular weight excluding hydrogens is 655 g/mol. The van der Waals surface area contributed by atoms with Gasteiger partial charge in [-0.25, -0.2) is 0 Å². The number of hydrogen-bond donors (Lipinski definition) is 0. The summed E-state index contributed by atoms with van der Waals surface area (Å²) < 4.78 is 0. The van der Waals surface area contributed by atoms with E-state index in [1.165, 1.54) is 85.6 Å². The molecule has 6 rings (SSSR count). The average Bonchev–Trinajstić information content (AvgIpc) is 3.00. The first-order valence-electron chi connectivity index (χ1n) is 14.6. The van der Waals surface area contributed by atoms with Gasteiger partial charge in [0.2, 0.25) is 0 Å². The fourth-order valence-electron chi connectivity index (χ4n) is 5.33. The number of nitrogens with zero attached hydrogens (tertiary/aromatic N) is 3. The summed E-state index contributed by atoms with van der Waals surface area (Å²) in [5.74, 6) is 0. The zero-order valence-electron chi connectivity index (χ0n) is 23.7. The van der Waals surface area contributed by atoms with E-state index >= 15 is 0 Å². The Kier molecular flexibility index (Phi) is 14.5. The van der Waals surface area contributed by atoms with Crippen LogP contribution >= 0.6 is 0 Å². The van der Waals surface area contributed by atoms with Crippen LogP contribution in [0.25, 0.3) is 16.0 Å². The van der Waals surface area contributed by atoms with E-state index in [1.807, 2.05) is 24.3 Å². The Balaban J connectivity index is 0.000000160. The van der Waals surface area contributed by atoms with Crippen molar-refractivity contribution in [2.45, 2.75) is 89.8 Å². The van der Waals surface area contributed by atoms with Gasteiger partial charge < -0.3 is 16.0 Å². The van der Waals surface area contributed by atoms with Gasteiger partial charge in [-0.1, -0.05) is 71.6 Å².